The SMILES string of the molecule is c1cc(-c2cncnc2)cc(-c2nccc(-c3ccnc(-c4cccc(-c5cncnc5)c4)n3)n2)c1. The van der Waals surface area contributed by atoms with Gasteiger partial charge in [0.15, 0.2) is 11.6 Å². The predicted molar refractivity (Wildman–Crippen MR) is 136 cm³/mol. The van der Waals surface area contributed by atoms with Gasteiger partial charge in [0.2, 0.25) is 0 Å². The van der Waals surface area contributed by atoms with Crippen molar-refractivity contribution >= 4 is 0 Å². The van der Waals surface area contributed by atoms with Crippen molar-refractivity contribution in [2.45, 2.75) is 0 Å². The largest absolute Gasteiger partial charge is 0.244 e. The Balaban J connectivity index is 1.34. The van der Waals surface area contributed by atoms with Gasteiger partial charge >= 0.3 is 0 Å². The molecule has 8 heteroatoms. The minimum Gasteiger partial charge on any atom is -0.244 e. The van der Waals surface area contributed by atoms with Gasteiger partial charge in [0.25, 0.3) is 0 Å². The van der Waals surface area contributed by atoms with Crippen molar-refractivity contribution in [2.75, 3.05) is 0 Å². The second-order valence-electron chi connectivity index (χ2n) is 7.95. The number of aromatic nitrogens is 8. The van der Waals surface area contributed by atoms with Crippen LogP contribution in [0.25, 0.3) is 56.4 Å². The first-order valence-electron chi connectivity index (χ1n) is 11.2. The van der Waals surface area contributed by atoms with Crippen LogP contribution in [0.5, 0.6) is 0 Å². The Bertz CT molecular complexity index is 1510. The highest BCUT2D eigenvalue weighted by atomic mass is 14.9. The molecule has 36 heavy (non-hydrogen) atoms. The molecule has 2 aromatic carbocycles. The molecule has 0 radical (unpaired) electrons. The zero-order chi connectivity index (χ0) is 24.2. The first-order valence-corrected chi connectivity index (χ1v) is 11.2. The molecule has 0 bridgehead atoms. The molecule has 0 spiro atoms. The van der Waals surface area contributed by atoms with Gasteiger partial charge in [-0.2, -0.15) is 0 Å². The number of nitrogens with zero attached hydrogens (tertiary/aromatic N) is 8. The van der Waals surface area contributed by atoms with Crippen LogP contribution < -0.4 is 0 Å². The van der Waals surface area contributed by atoms with Crippen LogP contribution in [0, 0.1) is 0 Å². The third-order valence-electron chi connectivity index (χ3n) is 5.60. The average molecular weight is 467 g/mol. The lowest BCUT2D eigenvalue weighted by atomic mass is 10.1. The van der Waals surface area contributed by atoms with Gasteiger partial charge in [0.05, 0.1) is 11.4 Å². The smallest absolute Gasteiger partial charge is 0.159 e. The third-order valence-corrected chi connectivity index (χ3v) is 5.60. The van der Waals surface area contributed by atoms with Gasteiger partial charge in [-0.15, -0.1) is 0 Å². The van der Waals surface area contributed by atoms with Crippen LogP contribution in [0.15, 0.2) is 110 Å². The molecule has 0 aliphatic carbocycles. The molecule has 0 unspecified atom stereocenters. The monoisotopic (exact) mass is 466 g/mol. The highest BCUT2D eigenvalue weighted by Gasteiger charge is 2.10. The minimum absolute atomic E-state index is 0.609. The maximum Gasteiger partial charge on any atom is 0.159 e. The summed E-state index contributed by atoms with van der Waals surface area (Å²) < 4.78 is 0. The van der Waals surface area contributed by atoms with Crippen LogP contribution in [-0.4, -0.2) is 39.9 Å². The molecule has 4 aromatic heterocycles. The summed E-state index contributed by atoms with van der Waals surface area (Å²) in [6, 6.07) is 19.7. The average Bonchev–Trinajstić information content (AvgIpc) is 2.98. The van der Waals surface area contributed by atoms with Crippen LogP contribution in [0.1, 0.15) is 0 Å². The molecule has 8 nitrogen and oxygen atoms in total. The first-order chi connectivity index (χ1) is 17.8. The number of hydrogen-bond acceptors (Lipinski definition) is 8. The van der Waals surface area contributed by atoms with Crippen LogP contribution in [0.2, 0.25) is 0 Å². The van der Waals surface area contributed by atoms with Gasteiger partial charge in [-0.1, -0.05) is 36.4 Å². The van der Waals surface area contributed by atoms with Crippen molar-refractivity contribution in [3.8, 4) is 56.4 Å². The Morgan fingerprint density at radius 2 is 0.833 bits per heavy atom. The lowest BCUT2D eigenvalue weighted by Gasteiger charge is -2.08. The summed E-state index contributed by atoms with van der Waals surface area (Å²) >= 11 is 0. The fourth-order valence-electron chi connectivity index (χ4n) is 3.85. The summed E-state index contributed by atoms with van der Waals surface area (Å²) in [5, 5.41) is 0. The molecule has 6 rings (SSSR count). The van der Waals surface area contributed by atoms with Crippen molar-refractivity contribution in [1.82, 2.24) is 39.9 Å². The van der Waals surface area contributed by atoms with E-state index >= 15 is 0 Å². The summed E-state index contributed by atoms with van der Waals surface area (Å²) in [7, 11) is 0. The van der Waals surface area contributed by atoms with Gasteiger partial charge in [0.1, 0.15) is 12.7 Å². The summed E-state index contributed by atoms with van der Waals surface area (Å²) in [6.45, 7) is 0. The Morgan fingerprint density at radius 1 is 0.417 bits per heavy atom. The van der Waals surface area contributed by atoms with Gasteiger partial charge in [-0.05, 0) is 35.4 Å². The van der Waals surface area contributed by atoms with Crippen molar-refractivity contribution < 1.29 is 0 Å². The van der Waals surface area contributed by atoms with E-state index < -0.39 is 0 Å². The Labute approximate surface area is 206 Å². The molecule has 0 aliphatic rings. The second kappa shape index (κ2) is 9.55. The highest BCUT2D eigenvalue weighted by Crippen LogP contribution is 2.27. The number of hydrogen-bond donors (Lipinski definition) is 0. The van der Waals surface area contributed by atoms with E-state index in [4.69, 9.17) is 9.97 Å². The van der Waals surface area contributed by atoms with Gasteiger partial charge < -0.3 is 0 Å². The van der Waals surface area contributed by atoms with Crippen molar-refractivity contribution in [3.05, 3.63) is 110 Å². The lowest BCUT2D eigenvalue weighted by Crippen LogP contribution is -1.96. The van der Waals surface area contributed by atoms with Gasteiger partial charge in [0, 0.05) is 59.4 Å². The Morgan fingerprint density at radius 3 is 1.28 bits per heavy atom. The molecule has 0 aliphatic heterocycles. The van der Waals surface area contributed by atoms with E-state index in [2.05, 4.69) is 29.9 Å². The fraction of sp³-hybridized carbons (Fsp3) is 0. The van der Waals surface area contributed by atoms with Crippen molar-refractivity contribution in [2.24, 2.45) is 0 Å². The highest BCUT2D eigenvalue weighted by molar-refractivity contribution is 5.72. The van der Waals surface area contributed by atoms with Crippen LogP contribution >= 0.6 is 0 Å². The van der Waals surface area contributed by atoms with E-state index in [-0.39, 0.29) is 0 Å². The molecule has 0 N–H and O–H groups in total. The molecule has 0 atom stereocenters. The Hall–Kier alpha value is -5.24. The van der Waals surface area contributed by atoms with E-state index in [0.717, 1.165) is 33.4 Å². The molecule has 0 saturated carbocycles. The molecule has 0 saturated heterocycles. The summed E-state index contributed by atoms with van der Waals surface area (Å²) in [5.74, 6) is 1.22. The summed E-state index contributed by atoms with van der Waals surface area (Å²) in [4.78, 5) is 35.0. The molecule has 6 aromatic rings. The minimum atomic E-state index is 0.609. The normalized spacial score (nSPS) is 10.8. The molecule has 4 heterocycles. The molecule has 0 amide bonds. The maximum atomic E-state index is 4.80. The number of rotatable bonds is 5. The van der Waals surface area contributed by atoms with E-state index in [9.17, 15) is 0 Å². The van der Waals surface area contributed by atoms with E-state index in [1.807, 2.05) is 60.7 Å². The first kappa shape index (κ1) is 21.3. The summed E-state index contributed by atoms with van der Waals surface area (Å²) in [6.07, 6.45) is 13.7. The van der Waals surface area contributed by atoms with E-state index in [0.29, 0.717) is 23.0 Å². The van der Waals surface area contributed by atoms with Crippen LogP contribution in [0.3, 0.4) is 0 Å². The second-order valence-corrected chi connectivity index (χ2v) is 7.95. The summed E-state index contributed by atoms with van der Waals surface area (Å²) in [5.41, 5.74) is 7.07. The topological polar surface area (TPSA) is 103 Å². The van der Waals surface area contributed by atoms with Crippen LogP contribution in [-0.2, 0) is 0 Å². The van der Waals surface area contributed by atoms with Crippen molar-refractivity contribution in [3.63, 3.8) is 0 Å². The Kier molecular flexibility index (Phi) is 5.65. The quantitative estimate of drug-likeness (QED) is 0.342. The van der Waals surface area contributed by atoms with Gasteiger partial charge in [-0.3, -0.25) is 0 Å². The maximum absolute atomic E-state index is 4.80. The molecule has 170 valence electrons. The predicted octanol–water partition coefficient (Wildman–Crippen LogP) is 5.18. The number of benzene rings is 2. The zero-order valence-electron chi connectivity index (χ0n) is 19.0. The molecule has 0 fully saturated rings. The lowest BCUT2D eigenvalue weighted by molar-refractivity contribution is 1.13. The molecular formula is C28H18N8. The zero-order valence-corrected chi connectivity index (χ0v) is 19.0. The fourth-order valence-corrected chi connectivity index (χ4v) is 3.85. The van der Waals surface area contributed by atoms with Gasteiger partial charge in [-0.25, -0.2) is 39.9 Å². The molecular weight excluding hydrogens is 448 g/mol. The standard InChI is InChI=1S/C28H18N8/c1-3-19(23-13-29-17-30-14-23)11-21(5-1)27-33-9-7-25(35-27)26-8-10-34-28(36-26)22-6-2-4-20(12-22)24-15-31-18-32-16-24/h1-18H. The van der Waals surface area contributed by atoms with Crippen molar-refractivity contribution in [1.29, 1.82) is 0 Å². The van der Waals surface area contributed by atoms with E-state index in [1.165, 1.54) is 12.7 Å². The van der Waals surface area contributed by atoms with E-state index in [1.54, 1.807) is 37.2 Å². The van der Waals surface area contributed by atoms with Crippen LogP contribution in [0.4, 0.5) is 0 Å². The third kappa shape index (κ3) is 4.43.